The minimum absolute atomic E-state index is 0. The van der Waals surface area contributed by atoms with E-state index < -0.39 is 17.9 Å². The van der Waals surface area contributed by atoms with Gasteiger partial charge in [0.15, 0.2) is 0 Å². The van der Waals surface area contributed by atoms with Crippen LogP contribution < -0.4 is 0 Å². The largest absolute Gasteiger partial charge is 3.00 e. The van der Waals surface area contributed by atoms with Crippen molar-refractivity contribution in [2.45, 2.75) is 116 Å². The number of carboxylic acids is 3. The Hall–Kier alpha value is -0.707. The van der Waals surface area contributed by atoms with Crippen LogP contribution in [-0.2, 0) is 14.4 Å². The Bertz CT molecular complexity index is 800. The quantitative estimate of drug-likeness (QED) is 0.285. The van der Waals surface area contributed by atoms with Crippen LogP contribution in [0.1, 0.15) is 116 Å². The zero-order valence-corrected chi connectivity index (χ0v) is 27.4. The second-order valence-corrected chi connectivity index (χ2v) is 16.5. The number of carboxylic acid groups (broad SMARTS) is 3. The van der Waals surface area contributed by atoms with E-state index in [9.17, 15) is 29.7 Å². The van der Waals surface area contributed by atoms with Crippen LogP contribution >= 0.6 is 0 Å². The van der Waals surface area contributed by atoms with Crippen LogP contribution in [0.4, 0.5) is 0 Å². The van der Waals surface area contributed by atoms with Gasteiger partial charge in [0.1, 0.15) is 0 Å². The number of carbonyl (C=O) groups is 3. The maximum atomic E-state index is 11.3. The molecule has 7 heteroatoms. The van der Waals surface area contributed by atoms with Crippen molar-refractivity contribution in [1.29, 1.82) is 0 Å². The molecule has 0 saturated heterocycles. The van der Waals surface area contributed by atoms with E-state index in [0.717, 1.165) is 111 Å². The molecule has 12 saturated carbocycles. The Morgan fingerprint density at radius 3 is 0.575 bits per heavy atom. The van der Waals surface area contributed by atoms with Crippen LogP contribution in [0.3, 0.4) is 0 Å². The molecule has 218 valence electrons. The molecule has 0 aromatic carbocycles. The predicted molar refractivity (Wildman–Crippen MR) is 150 cm³/mol. The summed E-state index contributed by atoms with van der Waals surface area (Å²) < 4.78 is 0. The first-order chi connectivity index (χ1) is 18.5. The van der Waals surface area contributed by atoms with E-state index in [0.29, 0.717) is 0 Å². The van der Waals surface area contributed by atoms with Crippen molar-refractivity contribution >= 4 is 44.1 Å². The topological polar surface area (TPSA) is 112 Å². The van der Waals surface area contributed by atoms with Crippen molar-refractivity contribution in [2.24, 2.45) is 69.5 Å². The first-order valence-electron chi connectivity index (χ1n) is 16.2. The summed E-state index contributed by atoms with van der Waals surface area (Å²) >= 11 is 0. The minimum atomic E-state index is -0.508. The standard InChI is InChI=1S/3C11H16O2.Bi/c3*12-10(13)11-4-7-1-8(5-11)3-9(2-7)6-11;/h3*7-9H,1-6H2,(H,12,13);/q;;;+3. The zero-order valence-electron chi connectivity index (χ0n) is 23.9. The van der Waals surface area contributed by atoms with Crippen molar-refractivity contribution in [3.63, 3.8) is 0 Å². The molecule has 6 nitrogen and oxygen atoms in total. The summed E-state index contributed by atoms with van der Waals surface area (Å²) in [6, 6.07) is 0. The molecular formula is C33H48BiO6+3. The second kappa shape index (κ2) is 10.5. The normalized spacial score (nSPS) is 51.1. The van der Waals surface area contributed by atoms with Gasteiger partial charge >= 0.3 is 44.1 Å². The SMILES string of the molecule is O=C(O)C12CC3CC(CC(C3)C1)C2.O=C(O)C12CC3CC(CC(C3)C1)C2.O=C(O)C12CC3CC(CC(C3)C1)C2.[Bi+3]. The average molecular weight is 750 g/mol. The third-order valence-corrected chi connectivity index (χ3v) is 13.5. The van der Waals surface area contributed by atoms with Gasteiger partial charge in [-0.3, -0.25) is 14.4 Å². The molecule has 12 fully saturated rings. The van der Waals surface area contributed by atoms with E-state index in [1.54, 1.807) is 0 Å². The van der Waals surface area contributed by atoms with Gasteiger partial charge in [-0.2, -0.15) is 0 Å². The Kier molecular flexibility index (Phi) is 7.69. The Labute approximate surface area is 257 Å². The van der Waals surface area contributed by atoms with Gasteiger partial charge in [0.05, 0.1) is 16.2 Å². The number of aliphatic carboxylic acids is 3. The molecule has 0 spiro atoms. The fraction of sp³-hybridized carbons (Fsp3) is 0.909. The van der Waals surface area contributed by atoms with E-state index >= 15 is 0 Å². The summed E-state index contributed by atoms with van der Waals surface area (Å²) in [4.78, 5) is 33.8. The molecule has 0 unspecified atom stereocenters. The molecule has 0 amide bonds. The molecule has 0 aliphatic heterocycles. The summed E-state index contributed by atoms with van der Waals surface area (Å²) in [6.07, 6.45) is 20.8. The van der Waals surface area contributed by atoms with Gasteiger partial charge < -0.3 is 15.3 Å². The van der Waals surface area contributed by atoms with Crippen LogP contribution in [0.25, 0.3) is 0 Å². The van der Waals surface area contributed by atoms with Crippen molar-refractivity contribution in [1.82, 2.24) is 0 Å². The van der Waals surface area contributed by atoms with Gasteiger partial charge in [0, 0.05) is 0 Å². The monoisotopic (exact) mass is 749 g/mol. The average Bonchev–Trinajstić information content (AvgIpc) is 2.82. The number of hydrogen-bond donors (Lipinski definition) is 3. The maximum Gasteiger partial charge on any atom is 3.00 e. The molecular weight excluding hydrogens is 701 g/mol. The van der Waals surface area contributed by atoms with Gasteiger partial charge in [-0.05, 0) is 169 Å². The molecule has 0 aromatic rings. The minimum Gasteiger partial charge on any atom is -0.481 e. The molecule has 0 atom stereocenters. The molecule has 0 heterocycles. The van der Waals surface area contributed by atoms with Crippen LogP contribution in [0, 0.1) is 69.5 Å². The summed E-state index contributed by atoms with van der Waals surface area (Å²) in [6.45, 7) is 0. The third kappa shape index (κ3) is 5.08. The molecule has 2 radical (unpaired) electrons. The molecule has 12 bridgehead atoms. The first kappa shape index (κ1) is 29.4. The van der Waals surface area contributed by atoms with Gasteiger partial charge in [0.25, 0.3) is 0 Å². The summed E-state index contributed by atoms with van der Waals surface area (Å²) in [5.74, 6) is 5.25. The molecule has 40 heavy (non-hydrogen) atoms. The van der Waals surface area contributed by atoms with Crippen molar-refractivity contribution < 1.29 is 29.7 Å². The van der Waals surface area contributed by atoms with E-state index in [2.05, 4.69) is 0 Å². The second-order valence-electron chi connectivity index (χ2n) is 16.5. The van der Waals surface area contributed by atoms with Gasteiger partial charge in [-0.1, -0.05) is 0 Å². The number of hydrogen-bond acceptors (Lipinski definition) is 3. The van der Waals surface area contributed by atoms with Crippen molar-refractivity contribution in [3.8, 4) is 0 Å². The third-order valence-electron chi connectivity index (χ3n) is 13.5. The summed E-state index contributed by atoms with van der Waals surface area (Å²) in [5.41, 5.74) is -0.849. The Balaban J connectivity index is 0.000000107. The fourth-order valence-electron chi connectivity index (χ4n) is 13.1. The van der Waals surface area contributed by atoms with Gasteiger partial charge in [-0.25, -0.2) is 0 Å². The Morgan fingerprint density at radius 1 is 0.350 bits per heavy atom. The smallest absolute Gasteiger partial charge is 0.481 e. The van der Waals surface area contributed by atoms with Crippen LogP contribution in [0.2, 0.25) is 0 Å². The maximum absolute atomic E-state index is 11.3. The van der Waals surface area contributed by atoms with Crippen LogP contribution in [-0.4, -0.2) is 59.4 Å². The van der Waals surface area contributed by atoms with Gasteiger partial charge in [0.2, 0.25) is 0 Å². The molecule has 0 aromatic heterocycles. The molecule has 12 aliphatic rings. The molecule has 12 aliphatic carbocycles. The fourth-order valence-corrected chi connectivity index (χ4v) is 13.1. The summed E-state index contributed by atoms with van der Waals surface area (Å²) in [5, 5.41) is 27.8. The van der Waals surface area contributed by atoms with Gasteiger partial charge in [-0.15, -0.1) is 0 Å². The van der Waals surface area contributed by atoms with E-state index in [-0.39, 0.29) is 42.4 Å². The van der Waals surface area contributed by atoms with E-state index in [1.807, 2.05) is 0 Å². The van der Waals surface area contributed by atoms with Crippen molar-refractivity contribution in [3.05, 3.63) is 0 Å². The molecule has 3 N–H and O–H groups in total. The Morgan fingerprint density at radius 2 is 0.475 bits per heavy atom. The summed E-state index contributed by atoms with van der Waals surface area (Å²) in [7, 11) is 0. The van der Waals surface area contributed by atoms with Crippen molar-refractivity contribution in [2.75, 3.05) is 0 Å². The molecule has 12 rings (SSSR count). The van der Waals surface area contributed by atoms with E-state index in [1.165, 1.54) is 57.8 Å². The first-order valence-corrected chi connectivity index (χ1v) is 16.2. The van der Waals surface area contributed by atoms with E-state index in [4.69, 9.17) is 0 Å². The van der Waals surface area contributed by atoms with Crippen LogP contribution in [0.15, 0.2) is 0 Å². The zero-order chi connectivity index (χ0) is 27.2. The predicted octanol–water partition coefficient (Wildman–Crippen LogP) is 6.48. The van der Waals surface area contributed by atoms with Crippen LogP contribution in [0.5, 0.6) is 0 Å². The number of rotatable bonds is 3.